The number of rotatable bonds is 14. The number of anilines is 1. The zero-order valence-corrected chi connectivity index (χ0v) is 27.5. The molecule has 0 aliphatic carbocycles. The second-order valence-electron chi connectivity index (χ2n) is 11.1. The molecule has 0 saturated carbocycles. The van der Waals surface area contributed by atoms with E-state index in [1.807, 2.05) is 63.2 Å². The molecule has 7 nitrogen and oxygen atoms in total. The van der Waals surface area contributed by atoms with Crippen LogP contribution in [0.3, 0.4) is 0 Å². The second-order valence-corrected chi connectivity index (χ2v) is 13.4. The molecule has 0 radical (unpaired) electrons. The standard InChI is InChI=1S/C36H40ClN3O4S/c1-4-5-20-38-36(42)34(24-29-14-8-6-9-15-29)39(25-30-16-12-13-19-33(30)37)35(41)26-40(31-22-27(2)21-28(3)23-31)45(43,44)32-17-10-7-11-18-32/h6-19,21-23,34H,4-5,20,24-26H2,1-3H3,(H,38,42)/t34-/m0/s1. The summed E-state index contributed by atoms with van der Waals surface area (Å²) in [4.78, 5) is 29.9. The van der Waals surface area contributed by atoms with Gasteiger partial charge in [0.05, 0.1) is 10.6 Å². The Morgan fingerprint density at radius 3 is 2.07 bits per heavy atom. The summed E-state index contributed by atoms with van der Waals surface area (Å²) in [5, 5.41) is 3.45. The third-order valence-electron chi connectivity index (χ3n) is 7.50. The van der Waals surface area contributed by atoms with Crippen molar-refractivity contribution < 1.29 is 18.0 Å². The molecule has 0 fully saturated rings. The van der Waals surface area contributed by atoms with Crippen LogP contribution in [-0.4, -0.2) is 44.3 Å². The molecule has 0 saturated heterocycles. The highest BCUT2D eigenvalue weighted by Gasteiger charge is 2.35. The van der Waals surface area contributed by atoms with E-state index in [0.29, 0.717) is 22.8 Å². The Hall–Kier alpha value is -4.14. The normalized spacial score (nSPS) is 11.9. The molecule has 4 rings (SSSR count). The highest BCUT2D eigenvalue weighted by atomic mass is 35.5. The van der Waals surface area contributed by atoms with Crippen LogP contribution in [0.5, 0.6) is 0 Å². The maximum Gasteiger partial charge on any atom is 0.264 e. The predicted molar refractivity (Wildman–Crippen MR) is 181 cm³/mol. The van der Waals surface area contributed by atoms with Crippen LogP contribution in [0.15, 0.2) is 108 Å². The van der Waals surface area contributed by atoms with Crippen LogP contribution in [-0.2, 0) is 32.6 Å². The SMILES string of the molecule is CCCCNC(=O)[C@H](Cc1ccccc1)N(Cc1ccccc1Cl)C(=O)CN(c1cc(C)cc(C)c1)S(=O)(=O)c1ccccc1. The van der Waals surface area contributed by atoms with Gasteiger partial charge in [0, 0.05) is 24.5 Å². The number of amides is 2. The van der Waals surface area contributed by atoms with Crippen molar-refractivity contribution in [1.82, 2.24) is 10.2 Å². The van der Waals surface area contributed by atoms with Gasteiger partial charge >= 0.3 is 0 Å². The maximum absolute atomic E-state index is 14.6. The highest BCUT2D eigenvalue weighted by molar-refractivity contribution is 7.92. The lowest BCUT2D eigenvalue weighted by atomic mass is 10.0. The number of halogens is 1. The van der Waals surface area contributed by atoms with Gasteiger partial charge in [-0.25, -0.2) is 8.42 Å². The Morgan fingerprint density at radius 2 is 1.44 bits per heavy atom. The molecule has 0 aromatic heterocycles. The third-order valence-corrected chi connectivity index (χ3v) is 9.66. The Morgan fingerprint density at radius 1 is 0.844 bits per heavy atom. The molecule has 4 aromatic carbocycles. The highest BCUT2D eigenvalue weighted by Crippen LogP contribution is 2.27. The minimum Gasteiger partial charge on any atom is -0.354 e. The molecule has 0 bridgehead atoms. The first-order chi connectivity index (χ1) is 21.6. The summed E-state index contributed by atoms with van der Waals surface area (Å²) in [5.41, 5.74) is 3.60. The van der Waals surface area contributed by atoms with Crippen molar-refractivity contribution in [2.45, 2.75) is 57.5 Å². The van der Waals surface area contributed by atoms with Gasteiger partial charge in [-0.1, -0.05) is 97.7 Å². The molecule has 1 N–H and O–H groups in total. The first-order valence-electron chi connectivity index (χ1n) is 15.1. The van der Waals surface area contributed by atoms with Gasteiger partial charge in [-0.2, -0.15) is 0 Å². The fourth-order valence-electron chi connectivity index (χ4n) is 5.21. The molecule has 1 atom stereocenters. The average molecular weight is 646 g/mol. The summed E-state index contributed by atoms with van der Waals surface area (Å²) >= 11 is 6.56. The summed E-state index contributed by atoms with van der Waals surface area (Å²) in [5.74, 6) is -0.836. The first-order valence-corrected chi connectivity index (χ1v) is 16.9. The van der Waals surface area contributed by atoms with Crippen LogP contribution in [0.2, 0.25) is 5.02 Å². The molecule has 45 heavy (non-hydrogen) atoms. The van der Waals surface area contributed by atoms with E-state index in [4.69, 9.17) is 11.6 Å². The molecule has 4 aromatic rings. The van der Waals surface area contributed by atoms with Crippen molar-refractivity contribution in [3.05, 3.63) is 130 Å². The Kier molecular flexibility index (Phi) is 11.8. The minimum absolute atomic E-state index is 0.0171. The number of hydrogen-bond acceptors (Lipinski definition) is 4. The summed E-state index contributed by atoms with van der Waals surface area (Å²) in [6.07, 6.45) is 1.93. The fourth-order valence-corrected chi connectivity index (χ4v) is 6.83. The Bertz CT molecular complexity index is 1680. The number of sulfonamides is 1. The van der Waals surface area contributed by atoms with E-state index in [9.17, 15) is 18.0 Å². The quantitative estimate of drug-likeness (QED) is 0.155. The molecular weight excluding hydrogens is 606 g/mol. The van der Waals surface area contributed by atoms with Gasteiger partial charge < -0.3 is 10.2 Å². The van der Waals surface area contributed by atoms with Gasteiger partial charge in [0.25, 0.3) is 10.0 Å². The first kappa shape index (κ1) is 33.7. The molecule has 0 heterocycles. The van der Waals surface area contributed by atoms with E-state index in [2.05, 4.69) is 5.32 Å². The lowest BCUT2D eigenvalue weighted by Crippen LogP contribution is -2.53. The fraction of sp³-hybridized carbons (Fsp3) is 0.278. The van der Waals surface area contributed by atoms with Crippen LogP contribution in [0.1, 0.15) is 42.0 Å². The van der Waals surface area contributed by atoms with E-state index in [1.54, 1.807) is 48.5 Å². The van der Waals surface area contributed by atoms with Gasteiger partial charge in [-0.05, 0) is 72.9 Å². The zero-order valence-electron chi connectivity index (χ0n) is 25.9. The van der Waals surface area contributed by atoms with Crippen molar-refractivity contribution in [1.29, 1.82) is 0 Å². The van der Waals surface area contributed by atoms with E-state index in [0.717, 1.165) is 33.8 Å². The number of nitrogens with zero attached hydrogens (tertiary/aromatic N) is 2. The molecule has 236 valence electrons. The number of aryl methyl sites for hydroxylation is 2. The Balaban J connectivity index is 1.81. The molecule has 2 amide bonds. The van der Waals surface area contributed by atoms with Crippen LogP contribution in [0.25, 0.3) is 0 Å². The van der Waals surface area contributed by atoms with E-state index >= 15 is 0 Å². The number of unbranched alkanes of at least 4 members (excludes halogenated alkanes) is 1. The van der Waals surface area contributed by atoms with Gasteiger partial charge in [0.1, 0.15) is 12.6 Å². The number of hydrogen-bond donors (Lipinski definition) is 1. The smallest absolute Gasteiger partial charge is 0.264 e. The van der Waals surface area contributed by atoms with E-state index in [-0.39, 0.29) is 23.8 Å². The van der Waals surface area contributed by atoms with Crippen molar-refractivity contribution >= 4 is 39.1 Å². The number of carbonyl (C=O) groups is 2. The molecular formula is C36H40ClN3O4S. The van der Waals surface area contributed by atoms with Crippen molar-refractivity contribution in [2.24, 2.45) is 0 Å². The lowest BCUT2D eigenvalue weighted by Gasteiger charge is -2.34. The van der Waals surface area contributed by atoms with Crippen molar-refractivity contribution in [2.75, 3.05) is 17.4 Å². The summed E-state index contributed by atoms with van der Waals surface area (Å²) in [6, 6.07) is 29.2. The van der Waals surface area contributed by atoms with Crippen LogP contribution in [0, 0.1) is 13.8 Å². The van der Waals surface area contributed by atoms with Gasteiger partial charge in [-0.3, -0.25) is 13.9 Å². The molecule has 9 heteroatoms. The third kappa shape index (κ3) is 8.96. The second kappa shape index (κ2) is 15.7. The van der Waals surface area contributed by atoms with Gasteiger partial charge in [0.2, 0.25) is 11.8 Å². The predicted octanol–water partition coefficient (Wildman–Crippen LogP) is 6.71. The number of carbonyl (C=O) groups excluding carboxylic acids is 2. The lowest BCUT2D eigenvalue weighted by molar-refractivity contribution is -0.140. The van der Waals surface area contributed by atoms with Gasteiger partial charge in [0.15, 0.2) is 0 Å². The van der Waals surface area contributed by atoms with E-state index < -0.39 is 28.5 Å². The van der Waals surface area contributed by atoms with Gasteiger partial charge in [-0.15, -0.1) is 0 Å². The molecule has 0 spiro atoms. The van der Waals surface area contributed by atoms with Crippen LogP contribution < -0.4 is 9.62 Å². The monoisotopic (exact) mass is 645 g/mol. The Labute approximate surface area is 271 Å². The molecule has 0 unspecified atom stereocenters. The minimum atomic E-state index is -4.16. The molecule has 0 aliphatic rings. The number of benzene rings is 4. The van der Waals surface area contributed by atoms with Crippen molar-refractivity contribution in [3.8, 4) is 0 Å². The van der Waals surface area contributed by atoms with Crippen LogP contribution >= 0.6 is 11.6 Å². The summed E-state index contributed by atoms with van der Waals surface area (Å²) in [6.45, 7) is 5.76. The summed E-state index contributed by atoms with van der Waals surface area (Å²) in [7, 11) is -4.16. The topological polar surface area (TPSA) is 86.8 Å². The molecule has 0 aliphatic heterocycles. The van der Waals surface area contributed by atoms with Crippen LogP contribution in [0.4, 0.5) is 5.69 Å². The van der Waals surface area contributed by atoms with E-state index in [1.165, 1.54) is 17.0 Å². The van der Waals surface area contributed by atoms with Crippen molar-refractivity contribution in [3.63, 3.8) is 0 Å². The maximum atomic E-state index is 14.6. The largest absolute Gasteiger partial charge is 0.354 e. The summed E-state index contributed by atoms with van der Waals surface area (Å²) < 4.78 is 29.4. The number of nitrogens with one attached hydrogen (secondary N) is 1. The zero-order chi connectivity index (χ0) is 32.4. The average Bonchev–Trinajstić information content (AvgIpc) is 3.02.